The fourth-order valence-corrected chi connectivity index (χ4v) is 10.2. The monoisotopic (exact) mass is 1120 g/mol. The minimum atomic E-state index is -5.23. The highest BCUT2D eigenvalue weighted by molar-refractivity contribution is 7.93. The number of hydrogen-bond donors (Lipinski definition) is 4. The Bertz CT molecular complexity index is 3480. The van der Waals surface area contributed by atoms with Gasteiger partial charge in [0.25, 0.3) is 5.92 Å². The molecule has 3 aliphatic carbocycles. The zero-order valence-corrected chi connectivity index (χ0v) is 41.7. The third-order valence-electron chi connectivity index (χ3n) is 12.7. The van der Waals surface area contributed by atoms with E-state index >= 15 is 8.78 Å². The molecule has 2 fully saturated rings. The number of rotatable bonds is 13. The lowest BCUT2D eigenvalue weighted by atomic mass is 9.89. The van der Waals surface area contributed by atoms with Crippen LogP contribution >= 0.6 is 11.6 Å². The first-order valence-electron chi connectivity index (χ1n) is 22.2. The Morgan fingerprint density at radius 3 is 2.20 bits per heavy atom. The Balaban J connectivity index is 1.33. The van der Waals surface area contributed by atoms with Crippen LogP contribution in [0.5, 0.6) is 0 Å². The maximum absolute atomic E-state index is 15.6. The van der Waals surface area contributed by atoms with Crippen molar-refractivity contribution in [3.8, 4) is 23.0 Å². The molecule has 5 N–H and O–H groups in total. The molecule has 0 unspecified atom stereocenters. The number of nitrogens with two attached hydrogens (primary N) is 1. The Kier molecular flexibility index (Phi) is 13.7. The largest absolute Gasteiger partial charge is 0.445 e. The van der Waals surface area contributed by atoms with Gasteiger partial charge in [0.05, 0.1) is 33.9 Å². The SMILES string of the molecule is CC(C)(C#Cc1ccc(-c2ccc(Cl)c3c(N(C(=O)O[C@H]4C[C@@H](NC(=N)N)C4)S(C)(=O)=O)nn(CC(F)(F)F)c23)c([C@H](Cc2cc(F)cc(F)c2)NC(=O)Cn2nc(C(F)(F)F)c3c2C(F)(F)[C@@H]2C[C@H]32)n1)S(C)(=O)=O. The molecule has 402 valence electrons. The van der Waals surface area contributed by atoms with E-state index in [0.29, 0.717) is 12.3 Å². The maximum atomic E-state index is 15.6. The van der Waals surface area contributed by atoms with Crippen LogP contribution in [0.25, 0.3) is 22.0 Å². The second kappa shape index (κ2) is 18.9. The Morgan fingerprint density at radius 2 is 1.61 bits per heavy atom. The number of guanidine groups is 1. The standard InChI is InChI=1S/C45H41ClF10N10O7S2/c1-42(2,74(3,69)70)10-9-23-5-6-26(27-7-8-30(46)34-36(27)65(19-43(49,50)51)63-39(34)66(75(4,71)72)41(68)73-25-15-24(16-25)60-40(57)58)35(59-23)31(13-20-11-21(47)14-22(48)12-20)61-32(67)18-64-38-33(37(62-64)45(54,55)56)28-17-29(28)44(38,52)53/h5-8,11-12,14,24-25,28-29,31H,13,15-19H2,1-4H3,(H,61,67)(H4,57,58,60)/t24-,25+,28-,29+,31-/m0/s1. The lowest BCUT2D eigenvalue weighted by Crippen LogP contribution is -2.51. The molecule has 0 radical (unpaired) electrons. The van der Waals surface area contributed by atoms with Crippen LogP contribution in [0.3, 0.4) is 0 Å². The summed E-state index contributed by atoms with van der Waals surface area (Å²) in [7, 11) is -8.79. The van der Waals surface area contributed by atoms with Crippen LogP contribution in [0.15, 0.2) is 42.5 Å². The van der Waals surface area contributed by atoms with E-state index in [1.54, 1.807) is 0 Å². The number of hydrogen-bond acceptors (Lipinski definition) is 11. The van der Waals surface area contributed by atoms with Gasteiger partial charge in [0.2, 0.25) is 15.9 Å². The number of amides is 2. The van der Waals surface area contributed by atoms with Crippen molar-refractivity contribution in [2.45, 2.75) is 99.7 Å². The number of halogens is 11. The Morgan fingerprint density at radius 1 is 0.973 bits per heavy atom. The summed E-state index contributed by atoms with van der Waals surface area (Å²) < 4.78 is 204. The number of nitrogens with zero attached hydrogens (tertiary/aromatic N) is 6. The lowest BCUT2D eigenvalue weighted by Gasteiger charge is -2.35. The minimum Gasteiger partial charge on any atom is -0.445 e. The number of alkyl halides is 8. The van der Waals surface area contributed by atoms with Crippen LogP contribution < -0.4 is 20.7 Å². The van der Waals surface area contributed by atoms with Gasteiger partial charge in [-0.3, -0.25) is 19.6 Å². The number of anilines is 1. The quantitative estimate of drug-likeness (QED) is 0.0396. The molecule has 0 bridgehead atoms. The van der Waals surface area contributed by atoms with E-state index in [2.05, 4.69) is 37.7 Å². The van der Waals surface area contributed by atoms with Crippen LogP contribution in [0.4, 0.5) is 54.5 Å². The lowest BCUT2D eigenvalue weighted by molar-refractivity contribution is -0.143. The molecule has 5 aromatic rings. The summed E-state index contributed by atoms with van der Waals surface area (Å²) in [6.45, 7) is -0.842. The fourth-order valence-electron chi connectivity index (χ4n) is 8.97. The average Bonchev–Trinajstić information content (AvgIpc) is 3.76. The van der Waals surface area contributed by atoms with E-state index in [0.717, 1.165) is 42.7 Å². The van der Waals surface area contributed by atoms with Crippen LogP contribution in [0, 0.1) is 34.8 Å². The molecule has 2 saturated carbocycles. The summed E-state index contributed by atoms with van der Waals surface area (Å²) >= 11 is 6.66. The van der Waals surface area contributed by atoms with Crippen molar-refractivity contribution in [1.82, 2.24) is 35.2 Å². The van der Waals surface area contributed by atoms with Crippen LogP contribution in [-0.2, 0) is 61.0 Å². The molecule has 2 aromatic carbocycles. The molecule has 3 aromatic heterocycles. The molecule has 3 aliphatic rings. The summed E-state index contributed by atoms with van der Waals surface area (Å²) in [6.07, 6.45) is -12.5. The van der Waals surface area contributed by atoms with Gasteiger partial charge in [0.1, 0.15) is 47.0 Å². The summed E-state index contributed by atoms with van der Waals surface area (Å²) in [5.41, 5.74) is -0.633. The first-order chi connectivity index (χ1) is 34.5. The molecule has 3 atom stereocenters. The van der Waals surface area contributed by atoms with Crippen molar-refractivity contribution in [2.24, 2.45) is 11.7 Å². The predicted molar refractivity (Wildman–Crippen MR) is 248 cm³/mol. The zero-order chi connectivity index (χ0) is 55.3. The van der Waals surface area contributed by atoms with Gasteiger partial charge < -0.3 is 21.1 Å². The van der Waals surface area contributed by atoms with Gasteiger partial charge in [0, 0.05) is 53.8 Å². The van der Waals surface area contributed by atoms with Gasteiger partial charge in [-0.25, -0.2) is 35.4 Å². The van der Waals surface area contributed by atoms with Crippen LogP contribution in [0.2, 0.25) is 5.02 Å². The molecule has 2 amide bonds. The summed E-state index contributed by atoms with van der Waals surface area (Å²) in [5, 5.41) is 18.6. The molecule has 0 saturated heterocycles. The van der Waals surface area contributed by atoms with Gasteiger partial charge in [-0.15, -0.1) is 0 Å². The summed E-state index contributed by atoms with van der Waals surface area (Å²) in [4.78, 5) is 32.5. The molecule has 8 rings (SSSR count). The molecule has 30 heteroatoms. The highest BCUT2D eigenvalue weighted by Gasteiger charge is 2.68. The summed E-state index contributed by atoms with van der Waals surface area (Å²) in [5.74, 6) is -6.51. The van der Waals surface area contributed by atoms with Gasteiger partial charge in [-0.1, -0.05) is 23.6 Å². The number of sulfonamides is 1. The topological polar surface area (TPSA) is 237 Å². The molecular formula is C45H41ClF10N10O7S2. The first kappa shape index (κ1) is 54.6. The molecule has 17 nitrogen and oxygen atoms in total. The summed E-state index contributed by atoms with van der Waals surface area (Å²) in [6, 6.07) is 4.26. The van der Waals surface area contributed by atoms with Crippen LogP contribution in [-0.4, -0.2) is 94.9 Å². The zero-order valence-electron chi connectivity index (χ0n) is 39.3. The van der Waals surface area contributed by atoms with Gasteiger partial charge in [0.15, 0.2) is 27.3 Å². The number of carbonyl (C=O) groups is 2. The Hall–Kier alpha value is -6.67. The number of sulfone groups is 1. The van der Waals surface area contributed by atoms with Crippen molar-refractivity contribution >= 4 is 66.1 Å². The molecule has 0 spiro atoms. The highest BCUT2D eigenvalue weighted by atomic mass is 35.5. The maximum Gasteiger partial charge on any atom is 0.435 e. The van der Waals surface area contributed by atoms with Gasteiger partial charge in [-0.05, 0) is 74.4 Å². The molecule has 3 heterocycles. The third-order valence-corrected chi connectivity index (χ3v) is 16.0. The average molecular weight is 1120 g/mol. The van der Waals surface area contributed by atoms with Crippen molar-refractivity contribution in [1.29, 1.82) is 5.41 Å². The molecule has 75 heavy (non-hydrogen) atoms. The third kappa shape index (κ3) is 11.0. The van der Waals surface area contributed by atoms with E-state index in [1.165, 1.54) is 13.8 Å². The number of fused-ring (bicyclic) bond motifs is 4. The van der Waals surface area contributed by atoms with E-state index in [1.807, 2.05) is 0 Å². The van der Waals surface area contributed by atoms with Crippen molar-refractivity contribution in [3.05, 3.63) is 93.0 Å². The van der Waals surface area contributed by atoms with Gasteiger partial charge in [-0.2, -0.15) is 49.6 Å². The second-order valence-electron chi connectivity index (χ2n) is 18.8. The molecule has 0 aliphatic heterocycles. The molecular weight excluding hydrogens is 1080 g/mol. The fraction of sp³-hybridized carbons (Fsp3) is 0.422. The Labute approximate surface area is 424 Å². The van der Waals surface area contributed by atoms with E-state index in [-0.39, 0.29) is 55.3 Å². The number of aromatic nitrogens is 5. The number of ether oxygens (including phenoxy) is 1. The van der Waals surface area contributed by atoms with Gasteiger partial charge >= 0.3 is 18.4 Å². The first-order valence-corrected chi connectivity index (χ1v) is 26.3. The number of benzene rings is 2. The van der Waals surface area contributed by atoms with Crippen molar-refractivity contribution in [2.75, 3.05) is 16.8 Å². The number of carbonyl (C=O) groups excluding carboxylic acids is 2. The van der Waals surface area contributed by atoms with Crippen LogP contribution in [0.1, 0.15) is 79.0 Å². The number of nitrogens with one attached hydrogen (secondary N) is 3. The van der Waals surface area contributed by atoms with E-state index < -0.39 is 166 Å². The van der Waals surface area contributed by atoms with E-state index in [4.69, 9.17) is 27.5 Å². The number of pyridine rings is 1. The second-order valence-corrected chi connectivity index (χ2v) is 23.6. The highest BCUT2D eigenvalue weighted by Crippen LogP contribution is 2.68. The normalized spacial score (nSPS) is 19.5. The predicted octanol–water partition coefficient (Wildman–Crippen LogP) is 7.21. The smallest absolute Gasteiger partial charge is 0.435 e. The van der Waals surface area contributed by atoms with E-state index in [9.17, 15) is 61.5 Å². The minimum absolute atomic E-state index is 0.0320. The van der Waals surface area contributed by atoms with Crippen molar-refractivity contribution in [3.63, 3.8) is 0 Å². The van der Waals surface area contributed by atoms with Crippen molar-refractivity contribution < 1.29 is 75.1 Å².